The third-order valence-corrected chi connectivity index (χ3v) is 6.05. The molecule has 1 aliphatic rings. The Morgan fingerprint density at radius 1 is 1.06 bits per heavy atom. The van der Waals surface area contributed by atoms with Crippen LogP contribution in [0.2, 0.25) is 0 Å². The summed E-state index contributed by atoms with van der Waals surface area (Å²) in [5.74, 6) is 11.5. The minimum absolute atomic E-state index is 0.0571. The maximum atomic E-state index is 12.7. The van der Waals surface area contributed by atoms with Gasteiger partial charge in [-0.25, -0.2) is 0 Å². The van der Waals surface area contributed by atoms with E-state index in [-0.39, 0.29) is 18.2 Å². The Labute approximate surface area is 210 Å². The first kappa shape index (κ1) is 24.7. The highest BCUT2D eigenvalue weighted by molar-refractivity contribution is 5.94. The van der Waals surface area contributed by atoms with Gasteiger partial charge in [0.15, 0.2) is 5.76 Å². The molecule has 1 aromatic heterocycles. The fourth-order valence-corrected chi connectivity index (χ4v) is 3.86. The van der Waals surface area contributed by atoms with E-state index >= 15 is 0 Å². The smallest absolute Gasteiger partial charge is 0.253 e. The van der Waals surface area contributed by atoms with Crippen molar-refractivity contribution in [2.24, 2.45) is 0 Å². The van der Waals surface area contributed by atoms with Crippen LogP contribution >= 0.6 is 0 Å². The highest BCUT2D eigenvalue weighted by Gasteiger charge is 2.27. The lowest BCUT2D eigenvalue weighted by Gasteiger charge is -2.20. The highest BCUT2D eigenvalue weighted by atomic mass is 16.4. The second-order valence-electron chi connectivity index (χ2n) is 8.72. The number of aromatic hydroxyl groups is 1. The van der Waals surface area contributed by atoms with E-state index in [9.17, 15) is 14.7 Å². The maximum Gasteiger partial charge on any atom is 0.253 e. The molecule has 0 unspecified atom stereocenters. The van der Waals surface area contributed by atoms with Crippen LogP contribution in [0.3, 0.4) is 0 Å². The molecule has 1 atom stereocenters. The number of anilines is 1. The van der Waals surface area contributed by atoms with E-state index < -0.39 is 11.2 Å². The van der Waals surface area contributed by atoms with Gasteiger partial charge in [0.1, 0.15) is 0 Å². The summed E-state index contributed by atoms with van der Waals surface area (Å²) >= 11 is 0. The van der Waals surface area contributed by atoms with Crippen LogP contribution in [0.25, 0.3) is 0 Å². The normalized spacial score (nSPS) is 14.5. The zero-order valence-electron chi connectivity index (χ0n) is 20.2. The van der Waals surface area contributed by atoms with Crippen LogP contribution in [0.1, 0.15) is 33.7 Å². The van der Waals surface area contributed by atoms with Crippen LogP contribution in [0.15, 0.2) is 70.1 Å². The summed E-state index contributed by atoms with van der Waals surface area (Å²) in [5.41, 5.74) is 2.58. The molecule has 0 aliphatic carbocycles. The number of rotatable bonds is 5. The predicted molar refractivity (Wildman–Crippen MR) is 139 cm³/mol. The second-order valence-corrected chi connectivity index (χ2v) is 8.72. The molecule has 0 spiro atoms. The zero-order chi connectivity index (χ0) is 25.5. The number of nitrogens with one attached hydrogen (secondary N) is 1. The Kier molecular flexibility index (Phi) is 7.75. The van der Waals surface area contributed by atoms with Crippen LogP contribution in [0.5, 0.6) is 5.75 Å². The van der Waals surface area contributed by atoms with Crippen LogP contribution in [0, 0.1) is 23.7 Å². The number of carbonyl (C=O) groups excluding carboxylic acids is 1. The van der Waals surface area contributed by atoms with Crippen LogP contribution in [0.4, 0.5) is 5.69 Å². The molecular formula is C29H27N3O4. The van der Waals surface area contributed by atoms with Crippen molar-refractivity contribution in [1.82, 2.24) is 9.80 Å². The molecule has 1 fully saturated rings. The first-order valence-electron chi connectivity index (χ1n) is 11.6. The van der Waals surface area contributed by atoms with Gasteiger partial charge in [-0.2, -0.15) is 0 Å². The molecule has 2 aromatic carbocycles. The van der Waals surface area contributed by atoms with Crippen molar-refractivity contribution in [2.45, 2.75) is 19.0 Å². The van der Waals surface area contributed by atoms with Gasteiger partial charge in [0.2, 0.25) is 11.2 Å². The molecule has 4 rings (SSSR count). The number of likely N-dealkylation sites (N-methyl/N-ethyl adjacent to an activating group) is 1. The molecule has 3 aromatic rings. The summed E-state index contributed by atoms with van der Waals surface area (Å²) < 4.78 is 5.17. The second kappa shape index (κ2) is 11.3. The van der Waals surface area contributed by atoms with E-state index in [2.05, 4.69) is 33.9 Å². The fraction of sp³-hybridized carbons (Fsp3) is 0.241. The summed E-state index contributed by atoms with van der Waals surface area (Å²) in [6.45, 7) is 1.72. The van der Waals surface area contributed by atoms with Crippen LogP contribution in [-0.2, 0) is 6.54 Å². The molecule has 0 bridgehead atoms. The lowest BCUT2D eigenvalue weighted by Crippen LogP contribution is -2.34. The minimum Gasteiger partial charge on any atom is -0.502 e. The Bertz CT molecular complexity index is 1400. The van der Waals surface area contributed by atoms with Gasteiger partial charge >= 0.3 is 0 Å². The van der Waals surface area contributed by atoms with Crippen molar-refractivity contribution in [3.63, 3.8) is 0 Å². The Balaban J connectivity index is 1.30. The largest absolute Gasteiger partial charge is 0.502 e. The summed E-state index contributed by atoms with van der Waals surface area (Å²) in [6.07, 6.45) is 2.25. The van der Waals surface area contributed by atoms with Crippen molar-refractivity contribution in [1.29, 1.82) is 0 Å². The number of amides is 1. The molecule has 7 heteroatoms. The number of likely N-dealkylation sites (tertiary alicyclic amines) is 1. The third kappa shape index (κ3) is 6.15. The van der Waals surface area contributed by atoms with Crippen molar-refractivity contribution >= 4 is 11.6 Å². The van der Waals surface area contributed by atoms with Gasteiger partial charge in [0.05, 0.1) is 12.8 Å². The van der Waals surface area contributed by atoms with Crippen molar-refractivity contribution in [3.05, 3.63) is 93.5 Å². The van der Waals surface area contributed by atoms with E-state index in [0.717, 1.165) is 36.3 Å². The Morgan fingerprint density at radius 2 is 1.69 bits per heavy atom. The van der Waals surface area contributed by atoms with E-state index in [0.29, 0.717) is 11.6 Å². The Morgan fingerprint density at radius 3 is 2.31 bits per heavy atom. The molecule has 0 radical (unpaired) electrons. The van der Waals surface area contributed by atoms with Crippen LogP contribution < -0.4 is 10.7 Å². The van der Waals surface area contributed by atoms with Crippen molar-refractivity contribution < 1.29 is 14.3 Å². The minimum atomic E-state index is -0.477. The molecule has 0 saturated carbocycles. The van der Waals surface area contributed by atoms with Crippen LogP contribution in [-0.4, -0.2) is 54.0 Å². The lowest BCUT2D eigenvalue weighted by atomic mass is 10.1. The molecule has 2 N–H and O–H groups in total. The number of hydrogen-bond donors (Lipinski definition) is 2. The van der Waals surface area contributed by atoms with Gasteiger partial charge in [0.25, 0.3) is 5.91 Å². The lowest BCUT2D eigenvalue weighted by molar-refractivity contribution is 0.0783. The summed E-state index contributed by atoms with van der Waals surface area (Å²) in [4.78, 5) is 28.2. The first-order chi connectivity index (χ1) is 17.4. The molecule has 182 valence electrons. The average molecular weight is 482 g/mol. The molecule has 7 nitrogen and oxygen atoms in total. The van der Waals surface area contributed by atoms with Crippen molar-refractivity contribution in [2.75, 3.05) is 32.5 Å². The number of carbonyl (C=O) groups is 1. The quantitative estimate of drug-likeness (QED) is 0.545. The Hall–Kier alpha value is -4.46. The third-order valence-electron chi connectivity index (χ3n) is 6.05. The number of benzene rings is 2. The van der Waals surface area contributed by atoms with E-state index in [1.54, 1.807) is 0 Å². The monoisotopic (exact) mass is 481 g/mol. The van der Waals surface area contributed by atoms with Gasteiger partial charge in [0, 0.05) is 47.6 Å². The molecule has 2 heterocycles. The molecule has 1 amide bonds. The molecule has 1 saturated heterocycles. The molecule has 36 heavy (non-hydrogen) atoms. The summed E-state index contributed by atoms with van der Waals surface area (Å²) in [7, 11) is 4.09. The average Bonchev–Trinajstić information content (AvgIpc) is 3.39. The fourth-order valence-electron chi connectivity index (χ4n) is 3.86. The van der Waals surface area contributed by atoms with E-state index in [1.165, 1.54) is 12.3 Å². The van der Waals surface area contributed by atoms with Gasteiger partial charge in [-0.05, 0) is 80.9 Å². The zero-order valence-corrected chi connectivity index (χ0v) is 20.2. The van der Waals surface area contributed by atoms with Gasteiger partial charge in [-0.3, -0.25) is 9.59 Å². The van der Waals surface area contributed by atoms with Gasteiger partial charge in [-0.15, -0.1) is 0 Å². The topological polar surface area (TPSA) is 86.0 Å². The maximum absolute atomic E-state index is 12.7. The summed E-state index contributed by atoms with van der Waals surface area (Å²) in [5, 5.41) is 12.8. The summed E-state index contributed by atoms with van der Waals surface area (Å²) in [6, 6.07) is 16.3. The standard InChI is InChI=1S/C29H27N3O4/c1-31(2)25-15-17-32(20-25)29(35)23-11-7-21(8-12-23)5-3-4-6-22-9-13-24(14-10-22)30-19-27-28(34)26(33)16-18-36-27/h7-14,16,18,25,30,34H,15,17,19-20H2,1-2H3/t25-/m1/s1. The first-order valence-corrected chi connectivity index (χ1v) is 11.6. The van der Waals surface area contributed by atoms with Gasteiger partial charge in [-0.1, -0.05) is 11.8 Å². The van der Waals surface area contributed by atoms with E-state index in [4.69, 9.17) is 4.42 Å². The van der Waals surface area contributed by atoms with Crippen molar-refractivity contribution in [3.8, 4) is 29.4 Å². The van der Waals surface area contributed by atoms with Gasteiger partial charge < -0.3 is 24.6 Å². The molecule has 1 aliphatic heterocycles. The number of hydrogen-bond acceptors (Lipinski definition) is 6. The van der Waals surface area contributed by atoms with E-state index in [1.807, 2.05) is 67.5 Å². The SMILES string of the molecule is CN(C)[C@@H]1CCN(C(=O)c2ccc(C#CC#Cc3ccc(NCc4occc(=O)c4O)cc3)cc2)C1. The molecular weight excluding hydrogens is 454 g/mol. The number of nitrogens with zero attached hydrogens (tertiary/aromatic N) is 2. The highest BCUT2D eigenvalue weighted by Crippen LogP contribution is 2.17. The predicted octanol–water partition coefficient (Wildman–Crippen LogP) is 3.14.